The molecular formula is C14H25N3O4. The minimum absolute atomic E-state index is 0.0303. The van der Waals surface area contributed by atoms with Crippen molar-refractivity contribution >= 4 is 17.8 Å². The van der Waals surface area contributed by atoms with Crippen molar-refractivity contribution in [2.24, 2.45) is 11.1 Å². The van der Waals surface area contributed by atoms with Gasteiger partial charge in [-0.1, -0.05) is 13.8 Å². The largest absolute Gasteiger partial charge is 0.481 e. The van der Waals surface area contributed by atoms with Gasteiger partial charge < -0.3 is 16.2 Å². The summed E-state index contributed by atoms with van der Waals surface area (Å²) in [7, 11) is 0. The van der Waals surface area contributed by atoms with Crippen molar-refractivity contribution < 1.29 is 19.5 Å². The van der Waals surface area contributed by atoms with E-state index in [2.05, 4.69) is 5.32 Å². The van der Waals surface area contributed by atoms with Crippen molar-refractivity contribution in [3.05, 3.63) is 0 Å². The van der Waals surface area contributed by atoms with E-state index in [-0.39, 0.29) is 37.2 Å². The van der Waals surface area contributed by atoms with Gasteiger partial charge in [-0.15, -0.1) is 0 Å². The lowest BCUT2D eigenvalue weighted by Gasteiger charge is -2.32. The number of nitrogens with zero attached hydrogens (tertiary/aromatic N) is 1. The number of aliphatic carboxylic acids is 1. The number of likely N-dealkylation sites (tertiary alicyclic amines) is 1. The fourth-order valence-corrected chi connectivity index (χ4v) is 2.64. The second-order valence-corrected chi connectivity index (χ2v) is 6.50. The van der Waals surface area contributed by atoms with E-state index in [0.29, 0.717) is 0 Å². The zero-order valence-corrected chi connectivity index (χ0v) is 12.7. The van der Waals surface area contributed by atoms with Crippen LogP contribution >= 0.6 is 0 Å². The molecule has 1 saturated heterocycles. The topological polar surface area (TPSA) is 113 Å². The van der Waals surface area contributed by atoms with Gasteiger partial charge in [-0.05, 0) is 18.3 Å². The van der Waals surface area contributed by atoms with Crippen molar-refractivity contribution in [2.75, 3.05) is 19.6 Å². The molecule has 1 heterocycles. The lowest BCUT2D eigenvalue weighted by Crippen LogP contribution is -2.47. The number of amides is 2. The molecule has 1 aliphatic rings. The Balaban J connectivity index is 2.33. The zero-order chi connectivity index (χ0) is 16.0. The zero-order valence-electron chi connectivity index (χ0n) is 12.7. The number of nitrogens with two attached hydrogens (primary N) is 1. The van der Waals surface area contributed by atoms with Gasteiger partial charge in [0.2, 0.25) is 11.8 Å². The molecule has 0 unspecified atom stereocenters. The highest BCUT2D eigenvalue weighted by Gasteiger charge is 2.27. The molecule has 1 aliphatic heterocycles. The number of hydrogen-bond donors (Lipinski definition) is 3. The lowest BCUT2D eigenvalue weighted by molar-refractivity contribution is -0.139. The van der Waals surface area contributed by atoms with Crippen molar-refractivity contribution in [3.63, 3.8) is 0 Å². The monoisotopic (exact) mass is 299 g/mol. The van der Waals surface area contributed by atoms with Crippen LogP contribution in [0.15, 0.2) is 0 Å². The lowest BCUT2D eigenvalue weighted by atomic mass is 9.85. The maximum Gasteiger partial charge on any atom is 0.303 e. The first-order chi connectivity index (χ1) is 9.68. The van der Waals surface area contributed by atoms with Crippen LogP contribution in [0.1, 0.15) is 39.5 Å². The highest BCUT2D eigenvalue weighted by molar-refractivity contribution is 5.78. The Bertz CT molecular complexity index is 401. The molecule has 0 aromatic heterocycles. The SMILES string of the molecule is CC(C)(CC(=O)O)CC(=O)NC1CCN(CC(N)=O)CC1. The Labute approximate surface area is 124 Å². The predicted molar refractivity (Wildman–Crippen MR) is 77.4 cm³/mol. The van der Waals surface area contributed by atoms with Crippen molar-refractivity contribution in [2.45, 2.75) is 45.6 Å². The Kier molecular flexibility index (Phi) is 6.14. The van der Waals surface area contributed by atoms with Crippen LogP contribution < -0.4 is 11.1 Å². The van der Waals surface area contributed by atoms with E-state index in [1.807, 2.05) is 4.90 Å². The molecule has 21 heavy (non-hydrogen) atoms. The summed E-state index contributed by atoms with van der Waals surface area (Å²) in [6.45, 7) is 5.26. The first-order valence-corrected chi connectivity index (χ1v) is 7.20. The molecule has 7 nitrogen and oxygen atoms in total. The number of carbonyl (C=O) groups is 3. The van der Waals surface area contributed by atoms with E-state index in [4.69, 9.17) is 10.8 Å². The first-order valence-electron chi connectivity index (χ1n) is 7.20. The molecule has 4 N–H and O–H groups in total. The highest BCUT2D eigenvalue weighted by Crippen LogP contribution is 2.25. The molecule has 0 atom stereocenters. The molecule has 0 radical (unpaired) electrons. The van der Waals surface area contributed by atoms with Gasteiger partial charge in [-0.3, -0.25) is 19.3 Å². The minimum Gasteiger partial charge on any atom is -0.481 e. The number of rotatable bonds is 7. The average molecular weight is 299 g/mol. The quantitative estimate of drug-likeness (QED) is 0.610. The number of primary amides is 1. The van der Waals surface area contributed by atoms with E-state index in [1.165, 1.54) is 0 Å². The van der Waals surface area contributed by atoms with Gasteiger partial charge in [-0.25, -0.2) is 0 Å². The van der Waals surface area contributed by atoms with Crippen LogP contribution in [0.25, 0.3) is 0 Å². The van der Waals surface area contributed by atoms with Crippen molar-refractivity contribution in [1.29, 1.82) is 0 Å². The maximum atomic E-state index is 12.0. The van der Waals surface area contributed by atoms with Crippen LogP contribution in [-0.2, 0) is 14.4 Å². The summed E-state index contributed by atoms with van der Waals surface area (Å²) in [4.78, 5) is 35.5. The molecule has 0 aromatic rings. The minimum atomic E-state index is -0.896. The Morgan fingerprint density at radius 2 is 1.81 bits per heavy atom. The molecule has 7 heteroatoms. The van der Waals surface area contributed by atoms with Gasteiger partial charge in [0, 0.05) is 25.6 Å². The number of hydrogen-bond acceptors (Lipinski definition) is 4. The molecule has 1 rings (SSSR count). The third kappa shape index (κ3) is 7.08. The normalized spacial score (nSPS) is 17.4. The number of carboxylic acids is 1. The van der Waals surface area contributed by atoms with Crippen molar-refractivity contribution in [1.82, 2.24) is 10.2 Å². The van der Waals surface area contributed by atoms with Gasteiger partial charge in [0.25, 0.3) is 0 Å². The molecule has 1 fully saturated rings. The molecule has 0 spiro atoms. The van der Waals surface area contributed by atoms with E-state index < -0.39 is 11.4 Å². The summed E-state index contributed by atoms with van der Waals surface area (Å²) in [6.07, 6.45) is 1.72. The Morgan fingerprint density at radius 1 is 1.24 bits per heavy atom. The summed E-state index contributed by atoms with van der Waals surface area (Å²) in [5, 5.41) is 11.8. The van der Waals surface area contributed by atoms with Gasteiger partial charge in [-0.2, -0.15) is 0 Å². The molecular weight excluding hydrogens is 274 g/mol. The molecule has 2 amide bonds. The number of carbonyl (C=O) groups excluding carboxylic acids is 2. The van der Waals surface area contributed by atoms with Crippen LogP contribution in [-0.4, -0.2) is 53.5 Å². The summed E-state index contributed by atoms with van der Waals surface area (Å²) in [6, 6.07) is 0.0854. The number of nitrogens with one attached hydrogen (secondary N) is 1. The molecule has 0 saturated carbocycles. The van der Waals surface area contributed by atoms with Gasteiger partial charge in [0.1, 0.15) is 0 Å². The maximum absolute atomic E-state index is 12.0. The second-order valence-electron chi connectivity index (χ2n) is 6.50. The second kappa shape index (κ2) is 7.40. The molecule has 0 aromatic carbocycles. The van der Waals surface area contributed by atoms with Gasteiger partial charge in [0.15, 0.2) is 0 Å². The fraction of sp³-hybridized carbons (Fsp3) is 0.786. The van der Waals surface area contributed by atoms with E-state index >= 15 is 0 Å². The molecule has 120 valence electrons. The summed E-state index contributed by atoms with van der Waals surface area (Å²) in [5.41, 5.74) is 4.60. The standard InChI is InChI=1S/C14H25N3O4/c1-14(2,8-13(20)21)7-12(19)16-10-3-5-17(6-4-10)9-11(15)18/h10H,3-9H2,1-2H3,(H2,15,18)(H,16,19)(H,20,21). The van der Waals surface area contributed by atoms with E-state index in [9.17, 15) is 14.4 Å². The van der Waals surface area contributed by atoms with Crippen LogP contribution in [0.5, 0.6) is 0 Å². The molecule has 0 bridgehead atoms. The fourth-order valence-electron chi connectivity index (χ4n) is 2.64. The summed E-state index contributed by atoms with van der Waals surface area (Å²) < 4.78 is 0. The first kappa shape index (κ1) is 17.4. The van der Waals surface area contributed by atoms with Crippen LogP contribution in [0.4, 0.5) is 0 Å². The highest BCUT2D eigenvalue weighted by atomic mass is 16.4. The average Bonchev–Trinajstić information content (AvgIpc) is 2.28. The molecule has 0 aliphatic carbocycles. The summed E-state index contributed by atoms with van der Waals surface area (Å²) in [5.74, 6) is -1.35. The smallest absolute Gasteiger partial charge is 0.303 e. The Hall–Kier alpha value is -1.63. The van der Waals surface area contributed by atoms with Crippen LogP contribution in [0.3, 0.4) is 0 Å². The third-order valence-electron chi connectivity index (χ3n) is 3.60. The van der Waals surface area contributed by atoms with Gasteiger partial charge >= 0.3 is 5.97 Å². The van der Waals surface area contributed by atoms with Crippen LogP contribution in [0, 0.1) is 5.41 Å². The Morgan fingerprint density at radius 3 is 2.29 bits per heavy atom. The van der Waals surface area contributed by atoms with E-state index in [0.717, 1.165) is 25.9 Å². The van der Waals surface area contributed by atoms with E-state index in [1.54, 1.807) is 13.8 Å². The number of carboxylic acid groups (broad SMARTS) is 1. The summed E-state index contributed by atoms with van der Waals surface area (Å²) >= 11 is 0. The number of piperidine rings is 1. The third-order valence-corrected chi connectivity index (χ3v) is 3.60. The van der Waals surface area contributed by atoms with Crippen molar-refractivity contribution in [3.8, 4) is 0 Å². The van der Waals surface area contributed by atoms with Crippen LogP contribution in [0.2, 0.25) is 0 Å². The predicted octanol–water partition coefficient (Wildman–Crippen LogP) is -0.0567. The van der Waals surface area contributed by atoms with Gasteiger partial charge in [0.05, 0.1) is 13.0 Å².